The van der Waals surface area contributed by atoms with Crippen LogP contribution in [0.15, 0.2) is 18.2 Å². The normalized spacial score (nSPS) is 14.5. The van der Waals surface area contributed by atoms with E-state index >= 15 is 0 Å². The van der Waals surface area contributed by atoms with E-state index in [0.29, 0.717) is 0 Å². The number of hydrogen-bond acceptors (Lipinski definition) is 3. The second-order valence-corrected chi connectivity index (χ2v) is 5.18. The smallest absolute Gasteiger partial charge is 0.337 e. The van der Waals surface area contributed by atoms with Gasteiger partial charge in [0.15, 0.2) is 0 Å². The average molecular weight is 234 g/mol. The first kappa shape index (κ1) is 9.90. The largest absolute Gasteiger partial charge is 0.385 e. The van der Waals surface area contributed by atoms with Crippen LogP contribution in [-0.2, 0) is 6.54 Å². The lowest BCUT2D eigenvalue weighted by Gasteiger charge is -2.01. The van der Waals surface area contributed by atoms with E-state index < -0.39 is 0 Å². The van der Waals surface area contributed by atoms with Gasteiger partial charge in [0.25, 0.3) is 0 Å². The summed E-state index contributed by atoms with van der Waals surface area (Å²) in [5.74, 6) is 0. The molecule has 1 aromatic heterocycles. The number of hydrogen-bond donors (Lipinski definition) is 1. The van der Waals surface area contributed by atoms with Gasteiger partial charge < -0.3 is 5.32 Å². The minimum Gasteiger partial charge on any atom is -0.385 e. The summed E-state index contributed by atoms with van der Waals surface area (Å²) in [6.45, 7) is 5.35. The molecule has 2 aromatic rings. The Morgan fingerprint density at radius 1 is 1.50 bits per heavy atom. The average Bonchev–Trinajstić information content (AvgIpc) is 2.80. The third-order valence-corrected chi connectivity index (χ3v) is 4.33. The fourth-order valence-electron chi connectivity index (χ4n) is 2.23. The highest BCUT2D eigenvalue weighted by Crippen LogP contribution is 2.30. The Balaban J connectivity index is 2.16. The van der Waals surface area contributed by atoms with E-state index in [4.69, 9.17) is 0 Å². The number of likely N-dealkylation sites (N-methyl/N-ethyl adjacent to an activating group) is 1. The molecule has 1 aliphatic heterocycles. The highest BCUT2D eigenvalue weighted by Gasteiger charge is 2.28. The van der Waals surface area contributed by atoms with Crippen molar-refractivity contribution < 1.29 is 4.57 Å². The molecule has 3 nitrogen and oxygen atoms in total. The SMILES string of the molecule is CCNc1ccc2sc3[n+](c2c1)CCN3C. The fraction of sp³-hybridized carbons (Fsp3) is 0.417. The second-order valence-electron chi connectivity index (χ2n) is 4.17. The molecule has 4 heteroatoms. The number of nitrogens with zero attached hydrogens (tertiary/aromatic N) is 2. The molecule has 0 amide bonds. The molecule has 16 heavy (non-hydrogen) atoms. The van der Waals surface area contributed by atoms with Crippen molar-refractivity contribution in [3.8, 4) is 0 Å². The Morgan fingerprint density at radius 2 is 2.38 bits per heavy atom. The first-order chi connectivity index (χ1) is 7.79. The summed E-state index contributed by atoms with van der Waals surface area (Å²) in [7, 11) is 2.17. The quantitative estimate of drug-likeness (QED) is 0.802. The molecule has 3 rings (SSSR count). The van der Waals surface area contributed by atoms with Crippen LogP contribution in [-0.4, -0.2) is 20.1 Å². The molecule has 0 aliphatic carbocycles. The zero-order valence-electron chi connectivity index (χ0n) is 9.66. The summed E-state index contributed by atoms with van der Waals surface area (Å²) in [4.78, 5) is 2.33. The standard InChI is InChI=1S/C12H16N3S/c1-3-13-9-4-5-11-10(8-9)15-7-6-14(2)12(15)16-11/h4-5,8,13H,3,6-7H2,1-2H3/q+1. The topological polar surface area (TPSA) is 19.1 Å². The molecule has 0 bridgehead atoms. The van der Waals surface area contributed by atoms with Gasteiger partial charge in [-0.15, -0.1) is 0 Å². The minimum absolute atomic E-state index is 0.975. The maximum atomic E-state index is 3.37. The summed E-state index contributed by atoms with van der Waals surface area (Å²) in [5.41, 5.74) is 2.58. The molecule has 0 saturated heterocycles. The van der Waals surface area contributed by atoms with Crippen molar-refractivity contribution >= 4 is 32.4 Å². The molecular weight excluding hydrogens is 218 g/mol. The maximum Gasteiger partial charge on any atom is 0.337 e. The van der Waals surface area contributed by atoms with Crippen LogP contribution >= 0.6 is 11.3 Å². The Morgan fingerprint density at radius 3 is 3.19 bits per heavy atom. The van der Waals surface area contributed by atoms with Crippen LogP contribution in [0.3, 0.4) is 0 Å². The van der Waals surface area contributed by atoms with Crippen LogP contribution < -0.4 is 14.8 Å². The molecule has 0 fully saturated rings. The van der Waals surface area contributed by atoms with Gasteiger partial charge in [0, 0.05) is 18.3 Å². The number of rotatable bonds is 2. The zero-order chi connectivity index (χ0) is 11.1. The molecule has 1 aliphatic rings. The van der Waals surface area contributed by atoms with Crippen molar-refractivity contribution in [1.29, 1.82) is 0 Å². The van der Waals surface area contributed by atoms with Crippen molar-refractivity contribution in [2.45, 2.75) is 13.5 Å². The van der Waals surface area contributed by atoms with Gasteiger partial charge in [-0.3, -0.25) is 4.90 Å². The van der Waals surface area contributed by atoms with Gasteiger partial charge in [0.2, 0.25) is 0 Å². The minimum atomic E-state index is 0.975. The fourth-order valence-corrected chi connectivity index (χ4v) is 3.38. The molecule has 2 heterocycles. The number of thiazole rings is 1. The zero-order valence-corrected chi connectivity index (χ0v) is 10.5. The molecule has 0 atom stereocenters. The highest BCUT2D eigenvalue weighted by atomic mass is 32.1. The first-order valence-electron chi connectivity index (χ1n) is 5.71. The molecule has 0 unspecified atom stereocenters. The van der Waals surface area contributed by atoms with Crippen LogP contribution in [0.5, 0.6) is 0 Å². The Labute approximate surface area is 99.3 Å². The maximum absolute atomic E-state index is 3.37. The van der Waals surface area contributed by atoms with Crippen molar-refractivity contribution in [3.05, 3.63) is 18.2 Å². The third kappa shape index (κ3) is 1.37. The molecular formula is C12H16N3S+. The van der Waals surface area contributed by atoms with Crippen LogP contribution in [0, 0.1) is 0 Å². The van der Waals surface area contributed by atoms with Gasteiger partial charge in [-0.05, 0) is 30.4 Å². The van der Waals surface area contributed by atoms with Crippen molar-refractivity contribution in [1.82, 2.24) is 0 Å². The van der Waals surface area contributed by atoms with Crippen molar-refractivity contribution in [2.24, 2.45) is 0 Å². The molecule has 0 spiro atoms. The van der Waals surface area contributed by atoms with Crippen LogP contribution in [0.1, 0.15) is 6.92 Å². The molecule has 84 valence electrons. The molecule has 1 aromatic carbocycles. The van der Waals surface area contributed by atoms with Gasteiger partial charge in [0.1, 0.15) is 18.6 Å². The number of nitrogens with one attached hydrogen (secondary N) is 1. The van der Waals surface area contributed by atoms with E-state index in [1.807, 2.05) is 11.3 Å². The summed E-state index contributed by atoms with van der Waals surface area (Å²) >= 11 is 1.88. The van der Waals surface area contributed by atoms with Gasteiger partial charge in [0.05, 0.1) is 11.7 Å². The Kier molecular flexibility index (Phi) is 2.24. The lowest BCUT2D eigenvalue weighted by Crippen LogP contribution is -2.28. The first-order valence-corrected chi connectivity index (χ1v) is 6.52. The van der Waals surface area contributed by atoms with Crippen molar-refractivity contribution in [3.63, 3.8) is 0 Å². The van der Waals surface area contributed by atoms with E-state index in [-0.39, 0.29) is 0 Å². The molecule has 0 saturated carbocycles. The Bertz CT molecular complexity index is 532. The molecule has 0 radical (unpaired) electrons. The summed E-state index contributed by atoms with van der Waals surface area (Å²) < 4.78 is 3.80. The van der Waals surface area contributed by atoms with Crippen LogP contribution in [0.2, 0.25) is 0 Å². The lowest BCUT2D eigenvalue weighted by molar-refractivity contribution is -0.641. The van der Waals surface area contributed by atoms with E-state index in [1.165, 1.54) is 21.0 Å². The number of anilines is 2. The summed E-state index contributed by atoms with van der Waals surface area (Å²) in [6.07, 6.45) is 0. The second kappa shape index (κ2) is 3.63. The van der Waals surface area contributed by atoms with E-state index in [2.05, 4.69) is 47.0 Å². The van der Waals surface area contributed by atoms with Crippen LogP contribution in [0.25, 0.3) is 10.2 Å². The summed E-state index contributed by atoms with van der Waals surface area (Å²) in [6, 6.07) is 6.65. The van der Waals surface area contributed by atoms with E-state index in [9.17, 15) is 0 Å². The van der Waals surface area contributed by atoms with Gasteiger partial charge in [-0.2, -0.15) is 0 Å². The van der Waals surface area contributed by atoms with Gasteiger partial charge in [-0.25, -0.2) is 4.57 Å². The third-order valence-electron chi connectivity index (χ3n) is 3.05. The predicted molar refractivity (Wildman–Crippen MR) is 69.5 cm³/mol. The monoisotopic (exact) mass is 234 g/mol. The number of aromatic nitrogens is 1. The van der Waals surface area contributed by atoms with E-state index in [0.717, 1.165) is 19.6 Å². The van der Waals surface area contributed by atoms with Crippen LogP contribution in [0.4, 0.5) is 10.8 Å². The van der Waals surface area contributed by atoms with Gasteiger partial charge in [-0.1, -0.05) is 0 Å². The van der Waals surface area contributed by atoms with Crippen molar-refractivity contribution in [2.75, 3.05) is 30.4 Å². The van der Waals surface area contributed by atoms with Gasteiger partial charge >= 0.3 is 5.13 Å². The molecule has 1 N–H and O–H groups in total. The number of benzene rings is 1. The Hall–Kier alpha value is -1.29. The predicted octanol–water partition coefficient (Wildman–Crippen LogP) is 2.07. The number of fused-ring (bicyclic) bond motifs is 3. The highest BCUT2D eigenvalue weighted by molar-refractivity contribution is 7.21. The summed E-state index contributed by atoms with van der Waals surface area (Å²) in [5, 5.41) is 4.75. The lowest BCUT2D eigenvalue weighted by atomic mass is 10.3. The van der Waals surface area contributed by atoms with E-state index in [1.54, 1.807) is 0 Å².